The molecule has 2 saturated heterocycles. The standard InChI is InChI=1S/C15H30N2O/c1-2-4-15-11-14(7-10-18-15)17-9-3-5-13(12-17)6-8-16/h13-15H,2-12,16H2,1H3. The fourth-order valence-corrected chi connectivity index (χ4v) is 3.62. The van der Waals surface area contributed by atoms with E-state index >= 15 is 0 Å². The Kier molecular flexibility index (Phi) is 5.93. The fourth-order valence-electron chi connectivity index (χ4n) is 3.62. The third kappa shape index (κ3) is 3.94. The van der Waals surface area contributed by atoms with Crippen molar-refractivity contribution in [1.82, 2.24) is 4.90 Å². The lowest BCUT2D eigenvalue weighted by Crippen LogP contribution is -2.47. The average Bonchev–Trinajstić information content (AvgIpc) is 2.40. The maximum Gasteiger partial charge on any atom is 0.0590 e. The van der Waals surface area contributed by atoms with Crippen LogP contribution in [0.15, 0.2) is 0 Å². The predicted octanol–water partition coefficient (Wildman–Crippen LogP) is 2.39. The molecule has 3 heteroatoms. The van der Waals surface area contributed by atoms with E-state index in [2.05, 4.69) is 11.8 Å². The first kappa shape index (κ1) is 14.3. The Bertz CT molecular complexity index is 207. The zero-order valence-corrected chi connectivity index (χ0v) is 11.9. The molecular formula is C15H30N2O. The summed E-state index contributed by atoms with van der Waals surface area (Å²) in [5.74, 6) is 0.844. The summed E-state index contributed by atoms with van der Waals surface area (Å²) >= 11 is 0. The molecule has 18 heavy (non-hydrogen) atoms. The first-order valence-electron chi connectivity index (χ1n) is 7.89. The largest absolute Gasteiger partial charge is 0.378 e. The average molecular weight is 254 g/mol. The van der Waals surface area contributed by atoms with E-state index in [1.165, 1.54) is 58.0 Å². The molecule has 0 aromatic rings. The van der Waals surface area contributed by atoms with Gasteiger partial charge >= 0.3 is 0 Å². The lowest BCUT2D eigenvalue weighted by atomic mass is 9.91. The van der Waals surface area contributed by atoms with Crippen LogP contribution in [0, 0.1) is 5.92 Å². The molecule has 0 spiro atoms. The van der Waals surface area contributed by atoms with Gasteiger partial charge in [0.05, 0.1) is 6.10 Å². The molecule has 2 N–H and O–H groups in total. The third-order valence-corrected chi connectivity index (χ3v) is 4.59. The van der Waals surface area contributed by atoms with Gasteiger partial charge in [0.1, 0.15) is 0 Å². The zero-order chi connectivity index (χ0) is 12.8. The van der Waals surface area contributed by atoms with Crippen LogP contribution in [0.1, 0.15) is 51.9 Å². The Hall–Kier alpha value is -0.120. The number of hydrogen-bond acceptors (Lipinski definition) is 3. The molecule has 2 aliphatic rings. The van der Waals surface area contributed by atoms with Crippen molar-refractivity contribution in [3.8, 4) is 0 Å². The molecule has 0 saturated carbocycles. The number of ether oxygens (including phenoxy) is 1. The summed E-state index contributed by atoms with van der Waals surface area (Å²) < 4.78 is 5.87. The van der Waals surface area contributed by atoms with Gasteiger partial charge in [-0.05, 0) is 57.5 Å². The van der Waals surface area contributed by atoms with Crippen molar-refractivity contribution in [3.05, 3.63) is 0 Å². The van der Waals surface area contributed by atoms with Crippen LogP contribution in [-0.4, -0.2) is 43.3 Å². The second-order valence-electron chi connectivity index (χ2n) is 6.04. The lowest BCUT2D eigenvalue weighted by molar-refractivity contribution is -0.0389. The van der Waals surface area contributed by atoms with Crippen LogP contribution in [0.25, 0.3) is 0 Å². The molecule has 2 rings (SSSR count). The van der Waals surface area contributed by atoms with Gasteiger partial charge in [0.25, 0.3) is 0 Å². The summed E-state index contributed by atoms with van der Waals surface area (Å²) in [6.45, 7) is 6.65. The monoisotopic (exact) mass is 254 g/mol. The first-order valence-corrected chi connectivity index (χ1v) is 7.89. The molecule has 0 amide bonds. The van der Waals surface area contributed by atoms with Crippen molar-refractivity contribution >= 4 is 0 Å². The fraction of sp³-hybridized carbons (Fsp3) is 1.00. The van der Waals surface area contributed by atoms with Gasteiger partial charge in [0.2, 0.25) is 0 Å². The number of nitrogens with two attached hydrogens (primary N) is 1. The normalized spacial score (nSPS) is 34.7. The highest BCUT2D eigenvalue weighted by Crippen LogP contribution is 2.27. The maximum absolute atomic E-state index is 5.87. The second-order valence-corrected chi connectivity index (χ2v) is 6.04. The number of hydrogen-bond donors (Lipinski definition) is 1. The Balaban J connectivity index is 1.82. The smallest absolute Gasteiger partial charge is 0.0590 e. The summed E-state index contributed by atoms with van der Waals surface area (Å²) in [7, 11) is 0. The van der Waals surface area contributed by atoms with E-state index in [9.17, 15) is 0 Å². The summed E-state index contributed by atoms with van der Waals surface area (Å²) in [5, 5.41) is 0. The van der Waals surface area contributed by atoms with Crippen molar-refractivity contribution in [2.75, 3.05) is 26.2 Å². The molecule has 2 heterocycles. The molecule has 2 aliphatic heterocycles. The van der Waals surface area contributed by atoms with E-state index in [0.717, 1.165) is 25.1 Å². The van der Waals surface area contributed by atoms with Crippen LogP contribution < -0.4 is 5.73 Å². The van der Waals surface area contributed by atoms with Crippen LogP contribution in [0.5, 0.6) is 0 Å². The second kappa shape index (κ2) is 7.46. The lowest BCUT2D eigenvalue weighted by Gasteiger charge is -2.42. The maximum atomic E-state index is 5.87. The predicted molar refractivity (Wildman–Crippen MR) is 75.6 cm³/mol. The van der Waals surface area contributed by atoms with E-state index in [4.69, 9.17) is 10.5 Å². The SMILES string of the molecule is CCCC1CC(N2CCCC(CCN)C2)CCO1. The number of rotatable bonds is 5. The highest BCUT2D eigenvalue weighted by molar-refractivity contribution is 4.83. The summed E-state index contributed by atoms with van der Waals surface area (Å²) in [5.41, 5.74) is 5.71. The number of piperidine rings is 1. The minimum absolute atomic E-state index is 0.517. The molecule has 3 atom stereocenters. The molecule has 3 unspecified atom stereocenters. The van der Waals surface area contributed by atoms with Gasteiger partial charge in [-0.3, -0.25) is 4.90 Å². The van der Waals surface area contributed by atoms with Gasteiger partial charge in [-0.1, -0.05) is 13.3 Å². The van der Waals surface area contributed by atoms with Crippen molar-refractivity contribution in [1.29, 1.82) is 0 Å². The Labute approximate surface area is 112 Å². The quantitative estimate of drug-likeness (QED) is 0.819. The van der Waals surface area contributed by atoms with Crippen molar-refractivity contribution in [2.45, 2.75) is 64.0 Å². The van der Waals surface area contributed by atoms with Crippen molar-refractivity contribution in [3.63, 3.8) is 0 Å². The van der Waals surface area contributed by atoms with E-state index in [-0.39, 0.29) is 0 Å². The molecule has 0 aromatic heterocycles. The minimum atomic E-state index is 0.517. The Morgan fingerprint density at radius 2 is 2.17 bits per heavy atom. The molecular weight excluding hydrogens is 224 g/mol. The Morgan fingerprint density at radius 1 is 1.28 bits per heavy atom. The highest BCUT2D eigenvalue weighted by Gasteiger charge is 2.30. The van der Waals surface area contributed by atoms with Gasteiger partial charge in [0.15, 0.2) is 0 Å². The van der Waals surface area contributed by atoms with Crippen molar-refractivity contribution < 1.29 is 4.74 Å². The molecule has 0 aliphatic carbocycles. The molecule has 0 aromatic carbocycles. The van der Waals surface area contributed by atoms with Crippen LogP contribution >= 0.6 is 0 Å². The number of likely N-dealkylation sites (tertiary alicyclic amines) is 1. The third-order valence-electron chi connectivity index (χ3n) is 4.59. The van der Waals surface area contributed by atoms with Gasteiger partial charge in [-0.15, -0.1) is 0 Å². The van der Waals surface area contributed by atoms with Gasteiger partial charge < -0.3 is 10.5 Å². The first-order chi connectivity index (χ1) is 8.83. The summed E-state index contributed by atoms with van der Waals surface area (Å²) in [4.78, 5) is 2.73. The summed E-state index contributed by atoms with van der Waals surface area (Å²) in [6.07, 6.45) is 9.43. The molecule has 106 valence electrons. The van der Waals surface area contributed by atoms with E-state index in [1.54, 1.807) is 0 Å². The van der Waals surface area contributed by atoms with E-state index in [1.807, 2.05) is 0 Å². The van der Waals surface area contributed by atoms with E-state index < -0.39 is 0 Å². The minimum Gasteiger partial charge on any atom is -0.378 e. The molecule has 2 fully saturated rings. The molecule has 0 bridgehead atoms. The molecule has 0 radical (unpaired) electrons. The van der Waals surface area contributed by atoms with Crippen LogP contribution in [-0.2, 0) is 4.74 Å². The van der Waals surface area contributed by atoms with Crippen LogP contribution in [0.2, 0.25) is 0 Å². The van der Waals surface area contributed by atoms with E-state index in [0.29, 0.717) is 6.10 Å². The molecule has 3 nitrogen and oxygen atoms in total. The topological polar surface area (TPSA) is 38.5 Å². The van der Waals surface area contributed by atoms with Gasteiger partial charge in [0, 0.05) is 19.2 Å². The number of nitrogens with zero attached hydrogens (tertiary/aromatic N) is 1. The van der Waals surface area contributed by atoms with Gasteiger partial charge in [-0.2, -0.15) is 0 Å². The Morgan fingerprint density at radius 3 is 2.94 bits per heavy atom. The highest BCUT2D eigenvalue weighted by atomic mass is 16.5. The summed E-state index contributed by atoms with van der Waals surface area (Å²) in [6, 6.07) is 0.774. The zero-order valence-electron chi connectivity index (χ0n) is 11.9. The van der Waals surface area contributed by atoms with Gasteiger partial charge in [-0.25, -0.2) is 0 Å². The van der Waals surface area contributed by atoms with Crippen LogP contribution in [0.4, 0.5) is 0 Å². The van der Waals surface area contributed by atoms with Crippen LogP contribution in [0.3, 0.4) is 0 Å². The van der Waals surface area contributed by atoms with Crippen molar-refractivity contribution in [2.24, 2.45) is 11.7 Å².